The standard InChI is InChI=1S/C16H22ClNO2/c1-18-16(9-5-2-6-10-16)11-15(19)20-12-13-7-3-4-8-14(13)17/h3-4,7-8,18H,2,5-6,9-12H2,1H3. The maximum atomic E-state index is 12.1. The van der Waals surface area contributed by atoms with Gasteiger partial charge in [-0.05, 0) is 26.0 Å². The van der Waals surface area contributed by atoms with Crippen LogP contribution in [0.15, 0.2) is 24.3 Å². The Labute approximate surface area is 125 Å². The third kappa shape index (κ3) is 3.97. The quantitative estimate of drug-likeness (QED) is 0.842. The number of benzene rings is 1. The number of carbonyl (C=O) groups is 1. The minimum atomic E-state index is -0.152. The lowest BCUT2D eigenvalue weighted by atomic mass is 9.79. The maximum absolute atomic E-state index is 12.1. The van der Waals surface area contributed by atoms with E-state index in [0.717, 1.165) is 18.4 Å². The lowest BCUT2D eigenvalue weighted by Crippen LogP contribution is -2.46. The molecule has 0 atom stereocenters. The fourth-order valence-corrected chi connectivity index (χ4v) is 3.04. The van der Waals surface area contributed by atoms with Crippen LogP contribution in [0.5, 0.6) is 0 Å². The minimum absolute atomic E-state index is 0.0736. The molecule has 2 rings (SSSR count). The first-order valence-electron chi connectivity index (χ1n) is 7.23. The van der Waals surface area contributed by atoms with E-state index >= 15 is 0 Å². The molecule has 110 valence electrons. The highest BCUT2D eigenvalue weighted by Crippen LogP contribution is 2.31. The molecule has 1 N–H and O–H groups in total. The van der Waals surface area contributed by atoms with Crippen LogP contribution < -0.4 is 5.32 Å². The Balaban J connectivity index is 1.87. The first kappa shape index (κ1) is 15.3. The van der Waals surface area contributed by atoms with Gasteiger partial charge in [0.25, 0.3) is 0 Å². The van der Waals surface area contributed by atoms with Crippen LogP contribution in [-0.2, 0) is 16.1 Å². The molecule has 0 heterocycles. The normalized spacial score (nSPS) is 17.7. The van der Waals surface area contributed by atoms with E-state index in [0.29, 0.717) is 11.4 Å². The molecule has 0 aliphatic heterocycles. The summed E-state index contributed by atoms with van der Waals surface area (Å²) < 4.78 is 5.38. The summed E-state index contributed by atoms with van der Waals surface area (Å²) in [7, 11) is 1.94. The van der Waals surface area contributed by atoms with Crippen LogP contribution in [0.4, 0.5) is 0 Å². The highest BCUT2D eigenvalue weighted by molar-refractivity contribution is 6.31. The largest absolute Gasteiger partial charge is 0.461 e. The number of nitrogens with one attached hydrogen (secondary N) is 1. The molecule has 3 nitrogen and oxygen atoms in total. The number of esters is 1. The summed E-state index contributed by atoms with van der Waals surface area (Å²) in [4.78, 5) is 12.1. The van der Waals surface area contributed by atoms with E-state index in [2.05, 4.69) is 5.32 Å². The SMILES string of the molecule is CNC1(CC(=O)OCc2ccccc2Cl)CCCCC1. The van der Waals surface area contributed by atoms with Gasteiger partial charge in [0.05, 0.1) is 6.42 Å². The second-order valence-corrected chi connectivity index (χ2v) is 5.93. The van der Waals surface area contributed by atoms with Gasteiger partial charge in [-0.2, -0.15) is 0 Å². The van der Waals surface area contributed by atoms with E-state index in [9.17, 15) is 4.79 Å². The van der Waals surface area contributed by atoms with Crippen molar-refractivity contribution in [3.63, 3.8) is 0 Å². The minimum Gasteiger partial charge on any atom is -0.461 e. The number of hydrogen-bond acceptors (Lipinski definition) is 3. The molecule has 1 aromatic rings. The van der Waals surface area contributed by atoms with Gasteiger partial charge in [0, 0.05) is 16.1 Å². The van der Waals surface area contributed by atoms with Crippen molar-refractivity contribution in [1.29, 1.82) is 0 Å². The lowest BCUT2D eigenvalue weighted by Gasteiger charge is -2.36. The number of halogens is 1. The van der Waals surface area contributed by atoms with Crippen molar-refractivity contribution in [1.82, 2.24) is 5.32 Å². The van der Waals surface area contributed by atoms with Crippen LogP contribution in [0.3, 0.4) is 0 Å². The van der Waals surface area contributed by atoms with Crippen molar-refractivity contribution in [2.45, 2.75) is 50.7 Å². The summed E-state index contributed by atoms with van der Waals surface area (Å²) in [5.74, 6) is -0.152. The molecule has 1 aromatic carbocycles. The Bertz CT molecular complexity index is 456. The summed E-state index contributed by atoms with van der Waals surface area (Å²) in [6, 6.07) is 7.45. The molecular formula is C16H22ClNO2. The summed E-state index contributed by atoms with van der Waals surface area (Å²) in [5, 5.41) is 3.97. The molecule has 20 heavy (non-hydrogen) atoms. The first-order chi connectivity index (χ1) is 9.65. The third-order valence-corrected chi connectivity index (χ3v) is 4.54. The topological polar surface area (TPSA) is 38.3 Å². The zero-order valence-corrected chi connectivity index (χ0v) is 12.7. The van der Waals surface area contributed by atoms with Gasteiger partial charge in [0.2, 0.25) is 0 Å². The molecule has 1 aliphatic rings. The van der Waals surface area contributed by atoms with Crippen LogP contribution in [0.1, 0.15) is 44.1 Å². The predicted molar refractivity (Wildman–Crippen MR) is 80.7 cm³/mol. The first-order valence-corrected chi connectivity index (χ1v) is 7.61. The van der Waals surface area contributed by atoms with Gasteiger partial charge in [0.15, 0.2) is 0 Å². The fourth-order valence-electron chi connectivity index (χ4n) is 2.84. The Morgan fingerprint density at radius 1 is 1.30 bits per heavy atom. The molecule has 1 aliphatic carbocycles. The number of carbonyl (C=O) groups excluding carboxylic acids is 1. The molecule has 0 amide bonds. The molecule has 0 unspecified atom stereocenters. The number of hydrogen-bond donors (Lipinski definition) is 1. The molecule has 1 saturated carbocycles. The average Bonchev–Trinajstić information content (AvgIpc) is 2.47. The van der Waals surface area contributed by atoms with E-state index in [1.54, 1.807) is 6.07 Å². The van der Waals surface area contributed by atoms with Gasteiger partial charge >= 0.3 is 5.97 Å². The van der Waals surface area contributed by atoms with E-state index in [1.807, 2.05) is 25.2 Å². The van der Waals surface area contributed by atoms with Gasteiger partial charge in [-0.15, -0.1) is 0 Å². The zero-order chi connectivity index (χ0) is 14.4. The maximum Gasteiger partial charge on any atom is 0.307 e. The van der Waals surface area contributed by atoms with Crippen molar-refractivity contribution < 1.29 is 9.53 Å². The second kappa shape index (κ2) is 7.09. The molecule has 1 fully saturated rings. The average molecular weight is 296 g/mol. The van der Waals surface area contributed by atoms with Crippen molar-refractivity contribution in [2.24, 2.45) is 0 Å². The van der Waals surface area contributed by atoms with Gasteiger partial charge in [-0.3, -0.25) is 4.79 Å². The van der Waals surface area contributed by atoms with Crippen LogP contribution >= 0.6 is 11.6 Å². The van der Waals surface area contributed by atoms with Crippen LogP contribution in [-0.4, -0.2) is 18.6 Å². The smallest absolute Gasteiger partial charge is 0.307 e. The van der Waals surface area contributed by atoms with E-state index in [-0.39, 0.29) is 18.1 Å². The summed E-state index contributed by atoms with van der Waals surface area (Å²) >= 11 is 6.05. The van der Waals surface area contributed by atoms with Gasteiger partial charge in [-0.25, -0.2) is 0 Å². The predicted octanol–water partition coefficient (Wildman–Crippen LogP) is 3.70. The Morgan fingerprint density at radius 2 is 2.00 bits per heavy atom. The molecule has 0 spiro atoms. The third-order valence-electron chi connectivity index (χ3n) is 4.17. The van der Waals surface area contributed by atoms with Crippen molar-refractivity contribution in [3.8, 4) is 0 Å². The van der Waals surface area contributed by atoms with E-state index in [1.165, 1.54) is 19.3 Å². The number of rotatable bonds is 5. The van der Waals surface area contributed by atoms with Crippen LogP contribution in [0.2, 0.25) is 5.02 Å². The lowest BCUT2D eigenvalue weighted by molar-refractivity contribution is -0.147. The summed E-state index contributed by atoms with van der Waals surface area (Å²) in [5.41, 5.74) is 0.778. The van der Waals surface area contributed by atoms with Crippen molar-refractivity contribution in [2.75, 3.05) is 7.05 Å². The molecule has 0 bridgehead atoms. The van der Waals surface area contributed by atoms with Gasteiger partial charge in [0.1, 0.15) is 6.61 Å². The summed E-state index contributed by atoms with van der Waals surface area (Å²) in [6.07, 6.45) is 6.15. The second-order valence-electron chi connectivity index (χ2n) is 5.52. The summed E-state index contributed by atoms with van der Waals surface area (Å²) in [6.45, 7) is 0.248. The van der Waals surface area contributed by atoms with Crippen LogP contribution in [0.25, 0.3) is 0 Å². The zero-order valence-electron chi connectivity index (χ0n) is 12.0. The van der Waals surface area contributed by atoms with Gasteiger partial charge in [-0.1, -0.05) is 49.1 Å². The van der Waals surface area contributed by atoms with E-state index in [4.69, 9.17) is 16.3 Å². The highest BCUT2D eigenvalue weighted by Gasteiger charge is 2.33. The van der Waals surface area contributed by atoms with Crippen LogP contribution in [0, 0.1) is 0 Å². The molecule has 0 saturated heterocycles. The Kier molecular flexibility index (Phi) is 5.44. The number of ether oxygens (including phenoxy) is 1. The van der Waals surface area contributed by atoms with E-state index < -0.39 is 0 Å². The Morgan fingerprint density at radius 3 is 2.65 bits per heavy atom. The molecule has 0 aromatic heterocycles. The fraction of sp³-hybridized carbons (Fsp3) is 0.562. The van der Waals surface area contributed by atoms with Crippen molar-refractivity contribution >= 4 is 17.6 Å². The monoisotopic (exact) mass is 295 g/mol. The molecule has 0 radical (unpaired) electrons. The molecular weight excluding hydrogens is 274 g/mol. The van der Waals surface area contributed by atoms with Crippen molar-refractivity contribution in [3.05, 3.63) is 34.9 Å². The highest BCUT2D eigenvalue weighted by atomic mass is 35.5. The Hall–Kier alpha value is -1.06. The van der Waals surface area contributed by atoms with Gasteiger partial charge < -0.3 is 10.1 Å². The molecule has 4 heteroatoms.